The number of fused-ring (bicyclic) bond motifs is 1. The molecular formula is C15H20N2O. The van der Waals surface area contributed by atoms with Crippen LogP contribution in [0.15, 0.2) is 11.1 Å². The Morgan fingerprint density at radius 3 is 2.78 bits per heavy atom. The third-order valence-corrected chi connectivity index (χ3v) is 4.08. The second-order valence-electron chi connectivity index (χ2n) is 5.18. The molecule has 0 atom stereocenters. The number of aliphatic imine (C=N–C) groups is 1. The van der Waals surface area contributed by atoms with Crippen LogP contribution >= 0.6 is 0 Å². The highest BCUT2D eigenvalue weighted by atomic mass is 16.5. The van der Waals surface area contributed by atoms with Crippen LogP contribution < -0.4 is 5.32 Å². The minimum absolute atomic E-state index is 0.674. The molecule has 0 amide bonds. The molecule has 1 heterocycles. The lowest BCUT2D eigenvalue weighted by molar-refractivity contribution is 0.346. The number of ether oxygens (including phenoxy) is 1. The number of nitrogens with one attached hydrogen (secondary N) is 1. The van der Waals surface area contributed by atoms with E-state index in [2.05, 4.69) is 30.2 Å². The Bertz CT molecular complexity index is 506. The molecule has 1 aliphatic carbocycles. The second-order valence-corrected chi connectivity index (χ2v) is 5.18. The topological polar surface area (TPSA) is 33.6 Å². The zero-order valence-corrected chi connectivity index (χ0v) is 11.2. The summed E-state index contributed by atoms with van der Waals surface area (Å²) in [5.74, 6) is 0. The molecular weight excluding hydrogens is 224 g/mol. The molecule has 0 saturated heterocycles. The average Bonchev–Trinajstić information content (AvgIpc) is 2.89. The van der Waals surface area contributed by atoms with Gasteiger partial charge in [0.15, 0.2) is 0 Å². The van der Waals surface area contributed by atoms with Crippen molar-refractivity contribution in [1.82, 2.24) is 0 Å². The van der Waals surface area contributed by atoms with Gasteiger partial charge in [-0.2, -0.15) is 0 Å². The summed E-state index contributed by atoms with van der Waals surface area (Å²) < 4.78 is 5.43. The van der Waals surface area contributed by atoms with Gasteiger partial charge < -0.3 is 10.1 Å². The largest absolute Gasteiger partial charge is 0.463 e. The summed E-state index contributed by atoms with van der Waals surface area (Å²) in [6.45, 7) is 5.89. The van der Waals surface area contributed by atoms with Gasteiger partial charge in [0.1, 0.15) is 6.61 Å². The van der Waals surface area contributed by atoms with E-state index in [-0.39, 0.29) is 0 Å². The Labute approximate surface area is 108 Å². The van der Waals surface area contributed by atoms with E-state index in [0.29, 0.717) is 12.6 Å². The molecule has 0 unspecified atom stereocenters. The molecule has 0 bridgehead atoms. The fourth-order valence-corrected chi connectivity index (χ4v) is 2.88. The summed E-state index contributed by atoms with van der Waals surface area (Å²) in [5.41, 5.74) is 7.00. The van der Waals surface area contributed by atoms with Crippen molar-refractivity contribution in [2.24, 2.45) is 4.99 Å². The predicted octanol–water partition coefficient (Wildman–Crippen LogP) is 2.98. The molecule has 18 heavy (non-hydrogen) atoms. The number of amidine groups is 1. The Morgan fingerprint density at radius 2 is 2.00 bits per heavy atom. The molecule has 0 aromatic heterocycles. The molecule has 0 fully saturated rings. The maximum absolute atomic E-state index is 5.43. The van der Waals surface area contributed by atoms with E-state index < -0.39 is 0 Å². The van der Waals surface area contributed by atoms with Crippen molar-refractivity contribution in [1.29, 1.82) is 0 Å². The number of rotatable bonds is 1. The zero-order valence-electron chi connectivity index (χ0n) is 11.2. The summed E-state index contributed by atoms with van der Waals surface area (Å²) in [5, 5.41) is 3.33. The average molecular weight is 244 g/mol. The summed E-state index contributed by atoms with van der Waals surface area (Å²) in [7, 11) is 0. The fourth-order valence-electron chi connectivity index (χ4n) is 2.88. The fraction of sp³-hybridized carbons (Fsp3) is 0.533. The maximum atomic E-state index is 5.43. The first kappa shape index (κ1) is 11.6. The minimum Gasteiger partial charge on any atom is -0.463 e. The van der Waals surface area contributed by atoms with Gasteiger partial charge in [-0.25, -0.2) is 4.99 Å². The van der Waals surface area contributed by atoms with Crippen LogP contribution in [0.4, 0.5) is 5.69 Å². The highest BCUT2D eigenvalue weighted by Crippen LogP contribution is 2.31. The SMILES string of the molecule is Cc1c(NC2=NCCO2)cc2c(c1C)CCCC2. The Balaban J connectivity index is 1.96. The molecule has 2 aliphatic rings. The maximum Gasteiger partial charge on any atom is 0.289 e. The van der Waals surface area contributed by atoms with Gasteiger partial charge in [0.25, 0.3) is 6.02 Å². The van der Waals surface area contributed by atoms with Crippen molar-refractivity contribution in [3.05, 3.63) is 28.3 Å². The first-order valence-electron chi connectivity index (χ1n) is 6.82. The summed E-state index contributed by atoms with van der Waals surface area (Å²) in [6, 6.07) is 2.97. The normalized spacial score (nSPS) is 18.0. The quantitative estimate of drug-likeness (QED) is 0.824. The van der Waals surface area contributed by atoms with Gasteiger partial charge >= 0.3 is 0 Å². The summed E-state index contributed by atoms with van der Waals surface area (Å²) >= 11 is 0. The second kappa shape index (κ2) is 4.63. The van der Waals surface area contributed by atoms with E-state index in [0.717, 1.165) is 12.2 Å². The van der Waals surface area contributed by atoms with E-state index in [1.54, 1.807) is 5.56 Å². The molecule has 0 saturated carbocycles. The van der Waals surface area contributed by atoms with Crippen LogP contribution in [0.3, 0.4) is 0 Å². The van der Waals surface area contributed by atoms with Crippen molar-refractivity contribution in [3.8, 4) is 0 Å². The van der Waals surface area contributed by atoms with Gasteiger partial charge in [-0.1, -0.05) is 0 Å². The molecule has 1 aliphatic heterocycles. The van der Waals surface area contributed by atoms with Crippen LogP contribution in [0.25, 0.3) is 0 Å². The van der Waals surface area contributed by atoms with E-state index in [4.69, 9.17) is 4.74 Å². The van der Waals surface area contributed by atoms with Crippen molar-refractivity contribution in [2.45, 2.75) is 39.5 Å². The number of hydrogen-bond acceptors (Lipinski definition) is 3. The van der Waals surface area contributed by atoms with Gasteiger partial charge in [-0.05, 0) is 67.9 Å². The smallest absolute Gasteiger partial charge is 0.289 e. The van der Waals surface area contributed by atoms with Gasteiger partial charge in [-0.15, -0.1) is 0 Å². The van der Waals surface area contributed by atoms with Crippen LogP contribution in [0.2, 0.25) is 0 Å². The molecule has 3 rings (SSSR count). The molecule has 1 aromatic rings. The number of anilines is 1. The highest BCUT2D eigenvalue weighted by Gasteiger charge is 2.17. The Hall–Kier alpha value is -1.51. The molecule has 96 valence electrons. The van der Waals surface area contributed by atoms with Gasteiger partial charge in [0.05, 0.1) is 6.54 Å². The summed E-state index contributed by atoms with van der Waals surface area (Å²) in [6.07, 6.45) is 5.08. The molecule has 0 spiro atoms. The van der Waals surface area contributed by atoms with Gasteiger partial charge in [0.2, 0.25) is 0 Å². The number of hydrogen-bond donors (Lipinski definition) is 1. The molecule has 1 N–H and O–H groups in total. The van der Waals surface area contributed by atoms with Crippen molar-refractivity contribution in [3.63, 3.8) is 0 Å². The van der Waals surface area contributed by atoms with Gasteiger partial charge in [-0.3, -0.25) is 0 Å². The van der Waals surface area contributed by atoms with Crippen LogP contribution in [0, 0.1) is 13.8 Å². The van der Waals surface area contributed by atoms with Crippen LogP contribution in [-0.4, -0.2) is 19.2 Å². The van der Waals surface area contributed by atoms with Crippen LogP contribution in [0.1, 0.15) is 35.1 Å². The lowest BCUT2D eigenvalue weighted by Crippen LogP contribution is -2.15. The molecule has 3 heteroatoms. The number of benzene rings is 1. The minimum atomic E-state index is 0.674. The molecule has 3 nitrogen and oxygen atoms in total. The first-order valence-corrected chi connectivity index (χ1v) is 6.82. The van der Waals surface area contributed by atoms with Crippen molar-refractivity contribution >= 4 is 11.7 Å². The molecule has 1 aromatic carbocycles. The standard InChI is InChI=1S/C15H20N2O/c1-10-11(2)14(17-15-16-7-8-18-15)9-12-5-3-4-6-13(10)12/h9H,3-8H2,1-2H3,(H,16,17). The van der Waals surface area contributed by atoms with E-state index >= 15 is 0 Å². The number of aryl methyl sites for hydroxylation is 1. The third-order valence-electron chi connectivity index (χ3n) is 4.08. The predicted molar refractivity (Wildman–Crippen MR) is 74.4 cm³/mol. The third kappa shape index (κ3) is 1.98. The Morgan fingerprint density at radius 1 is 1.17 bits per heavy atom. The zero-order chi connectivity index (χ0) is 12.5. The lowest BCUT2D eigenvalue weighted by atomic mass is 9.86. The Kier molecular flexibility index (Phi) is 2.98. The highest BCUT2D eigenvalue weighted by molar-refractivity contribution is 5.91. The monoisotopic (exact) mass is 244 g/mol. The van der Waals surface area contributed by atoms with Crippen molar-refractivity contribution < 1.29 is 4.74 Å². The van der Waals surface area contributed by atoms with E-state index in [9.17, 15) is 0 Å². The number of nitrogens with zero attached hydrogens (tertiary/aromatic N) is 1. The van der Waals surface area contributed by atoms with Crippen molar-refractivity contribution in [2.75, 3.05) is 18.5 Å². The van der Waals surface area contributed by atoms with E-state index in [1.165, 1.54) is 42.4 Å². The first-order chi connectivity index (χ1) is 8.75. The summed E-state index contributed by atoms with van der Waals surface area (Å²) in [4.78, 5) is 4.30. The van der Waals surface area contributed by atoms with E-state index in [1.807, 2.05) is 0 Å². The van der Waals surface area contributed by atoms with Crippen LogP contribution in [0.5, 0.6) is 0 Å². The molecule has 0 radical (unpaired) electrons. The lowest BCUT2D eigenvalue weighted by Gasteiger charge is -2.22. The van der Waals surface area contributed by atoms with Crippen LogP contribution in [-0.2, 0) is 17.6 Å². The van der Waals surface area contributed by atoms with Gasteiger partial charge in [0, 0.05) is 5.69 Å².